The Balaban J connectivity index is 2.78. The average Bonchev–Trinajstić information content (AvgIpc) is 2.34. The molecule has 0 aromatic carbocycles. The van der Waals surface area contributed by atoms with Crippen LogP contribution in [0.25, 0.3) is 0 Å². The van der Waals surface area contributed by atoms with Gasteiger partial charge in [0.1, 0.15) is 6.33 Å². The van der Waals surface area contributed by atoms with Gasteiger partial charge >= 0.3 is 6.18 Å². The smallest absolute Gasteiger partial charge is 0.377 e. The molecule has 1 heterocycles. The Morgan fingerprint density at radius 3 is 2.55 bits per heavy atom. The second-order valence-electron chi connectivity index (χ2n) is 1.81. The molecule has 1 aromatic heterocycles. The molecule has 62 valence electrons. The zero-order valence-corrected chi connectivity index (χ0v) is 5.13. The second-order valence-corrected chi connectivity index (χ2v) is 1.81. The maximum Gasteiger partial charge on any atom is 0.421 e. The minimum atomic E-state index is -4.69. The van der Waals surface area contributed by atoms with Crippen LogP contribution in [-0.4, -0.2) is 26.5 Å². The van der Waals surface area contributed by atoms with E-state index in [0.717, 1.165) is 6.33 Å². The van der Waals surface area contributed by atoms with E-state index in [2.05, 4.69) is 10.1 Å². The monoisotopic (exact) mass is 167 g/mol. The van der Waals surface area contributed by atoms with Crippen LogP contribution in [0.1, 0.15) is 11.9 Å². The van der Waals surface area contributed by atoms with E-state index < -0.39 is 18.1 Å². The van der Waals surface area contributed by atoms with E-state index in [9.17, 15) is 13.2 Å². The van der Waals surface area contributed by atoms with Crippen LogP contribution in [0.2, 0.25) is 0 Å². The van der Waals surface area contributed by atoms with E-state index in [4.69, 9.17) is 5.11 Å². The fourth-order valence-electron chi connectivity index (χ4n) is 0.502. The maximum absolute atomic E-state index is 11.7. The summed E-state index contributed by atoms with van der Waals surface area (Å²) < 4.78 is 35.0. The van der Waals surface area contributed by atoms with Crippen LogP contribution in [0.4, 0.5) is 13.2 Å². The van der Waals surface area contributed by atoms with Gasteiger partial charge in [-0.25, -0.2) is 4.98 Å². The van der Waals surface area contributed by atoms with E-state index >= 15 is 0 Å². The van der Waals surface area contributed by atoms with Crippen molar-refractivity contribution in [1.82, 2.24) is 15.2 Å². The number of nitrogens with one attached hydrogen (secondary N) is 1. The molecule has 0 aliphatic rings. The van der Waals surface area contributed by atoms with Gasteiger partial charge in [-0.3, -0.25) is 5.10 Å². The molecular weight excluding hydrogens is 163 g/mol. The Hall–Kier alpha value is -1.11. The molecule has 0 amide bonds. The van der Waals surface area contributed by atoms with Gasteiger partial charge in [-0.1, -0.05) is 0 Å². The molecule has 11 heavy (non-hydrogen) atoms. The van der Waals surface area contributed by atoms with Crippen LogP contribution in [0.3, 0.4) is 0 Å². The van der Waals surface area contributed by atoms with Gasteiger partial charge in [-0.15, -0.1) is 0 Å². The second kappa shape index (κ2) is 2.50. The van der Waals surface area contributed by atoms with E-state index in [1.807, 2.05) is 5.10 Å². The van der Waals surface area contributed by atoms with Gasteiger partial charge in [-0.05, 0) is 0 Å². The quantitative estimate of drug-likeness (QED) is 0.636. The topological polar surface area (TPSA) is 61.8 Å². The normalized spacial score (nSPS) is 14.9. The van der Waals surface area contributed by atoms with Crippen molar-refractivity contribution in [2.75, 3.05) is 0 Å². The minimum absolute atomic E-state index is 0.600. The summed E-state index contributed by atoms with van der Waals surface area (Å²) in [7, 11) is 0. The maximum atomic E-state index is 11.7. The largest absolute Gasteiger partial charge is 0.421 e. The number of aromatic amines is 1. The van der Waals surface area contributed by atoms with E-state index in [1.54, 1.807) is 0 Å². The first-order chi connectivity index (χ1) is 5.02. The first kappa shape index (κ1) is 7.99. The first-order valence-electron chi connectivity index (χ1n) is 2.62. The van der Waals surface area contributed by atoms with Gasteiger partial charge in [0.05, 0.1) is 0 Å². The highest BCUT2D eigenvalue weighted by Gasteiger charge is 2.41. The van der Waals surface area contributed by atoms with Gasteiger partial charge in [0.15, 0.2) is 5.82 Å². The summed E-state index contributed by atoms with van der Waals surface area (Å²) in [6.45, 7) is 0. The molecular formula is C4H4F3N3O. The van der Waals surface area contributed by atoms with Gasteiger partial charge in [-0.2, -0.15) is 18.3 Å². The number of rotatable bonds is 1. The molecule has 2 N–H and O–H groups in total. The zero-order valence-electron chi connectivity index (χ0n) is 5.13. The molecule has 0 spiro atoms. The van der Waals surface area contributed by atoms with Crippen LogP contribution >= 0.6 is 0 Å². The van der Waals surface area contributed by atoms with Crippen molar-refractivity contribution in [2.45, 2.75) is 12.3 Å². The lowest BCUT2D eigenvalue weighted by Crippen LogP contribution is -2.21. The highest BCUT2D eigenvalue weighted by Crippen LogP contribution is 2.29. The van der Waals surface area contributed by atoms with Crippen LogP contribution in [0.15, 0.2) is 6.33 Å². The highest BCUT2D eigenvalue weighted by atomic mass is 19.4. The predicted octanol–water partition coefficient (Wildman–Crippen LogP) is 0.400. The van der Waals surface area contributed by atoms with Gasteiger partial charge in [0.2, 0.25) is 6.10 Å². The van der Waals surface area contributed by atoms with Crippen molar-refractivity contribution in [3.63, 3.8) is 0 Å². The third-order valence-corrected chi connectivity index (χ3v) is 1.00. The summed E-state index contributed by atoms with van der Waals surface area (Å²) in [4.78, 5) is 3.15. The Kier molecular flexibility index (Phi) is 1.81. The highest BCUT2D eigenvalue weighted by molar-refractivity contribution is 4.89. The molecule has 1 atom stereocenters. The molecule has 1 rings (SSSR count). The van der Waals surface area contributed by atoms with Crippen molar-refractivity contribution < 1.29 is 18.3 Å². The van der Waals surface area contributed by atoms with Crippen LogP contribution < -0.4 is 0 Å². The lowest BCUT2D eigenvalue weighted by molar-refractivity contribution is -0.209. The van der Waals surface area contributed by atoms with Crippen molar-refractivity contribution in [2.24, 2.45) is 0 Å². The van der Waals surface area contributed by atoms with E-state index in [-0.39, 0.29) is 0 Å². The van der Waals surface area contributed by atoms with Gasteiger partial charge < -0.3 is 5.11 Å². The number of aliphatic hydroxyl groups is 1. The lowest BCUT2D eigenvalue weighted by atomic mass is 10.3. The SMILES string of the molecule is O[C@@H](c1ncn[nH]1)C(F)(F)F. The summed E-state index contributed by atoms with van der Waals surface area (Å²) in [6.07, 6.45) is -6.38. The number of alkyl halides is 3. The molecule has 0 bridgehead atoms. The first-order valence-corrected chi connectivity index (χ1v) is 2.62. The standard InChI is InChI=1S/C4H4F3N3O/c5-4(6,7)2(11)3-8-1-9-10-3/h1-2,11H,(H,8,9,10)/t2-/m0/s1. The number of aliphatic hydroxyl groups excluding tert-OH is 1. The third-order valence-electron chi connectivity index (χ3n) is 1.00. The minimum Gasteiger partial charge on any atom is -0.377 e. The molecule has 4 nitrogen and oxygen atoms in total. The molecule has 0 fully saturated rings. The number of H-pyrrole nitrogens is 1. The number of halogens is 3. The predicted molar refractivity (Wildman–Crippen MR) is 27.4 cm³/mol. The van der Waals surface area contributed by atoms with Crippen LogP contribution in [-0.2, 0) is 0 Å². The summed E-state index contributed by atoms with van der Waals surface area (Å²) in [5.41, 5.74) is 0. The fourth-order valence-corrected chi connectivity index (χ4v) is 0.502. The van der Waals surface area contributed by atoms with Crippen molar-refractivity contribution in [3.05, 3.63) is 12.2 Å². The molecule has 1 aromatic rings. The van der Waals surface area contributed by atoms with Crippen LogP contribution in [0, 0.1) is 0 Å². The Morgan fingerprint density at radius 1 is 1.55 bits per heavy atom. The molecule has 7 heteroatoms. The Labute approximate surface area is 59.1 Å². The van der Waals surface area contributed by atoms with Crippen molar-refractivity contribution in [1.29, 1.82) is 0 Å². The molecule has 0 unspecified atom stereocenters. The molecule has 0 saturated carbocycles. The Morgan fingerprint density at radius 2 is 2.18 bits per heavy atom. The van der Waals surface area contributed by atoms with Gasteiger partial charge in [0, 0.05) is 0 Å². The lowest BCUT2D eigenvalue weighted by Gasteiger charge is -2.10. The number of nitrogens with zero attached hydrogens (tertiary/aromatic N) is 2. The summed E-state index contributed by atoms with van der Waals surface area (Å²) in [5.74, 6) is -0.600. The zero-order chi connectivity index (χ0) is 8.48. The third kappa shape index (κ3) is 1.67. The molecule has 0 aliphatic heterocycles. The van der Waals surface area contributed by atoms with Gasteiger partial charge in [0.25, 0.3) is 0 Å². The summed E-state index contributed by atoms with van der Waals surface area (Å²) in [6, 6.07) is 0. The molecule has 0 radical (unpaired) electrons. The molecule has 0 aliphatic carbocycles. The fraction of sp³-hybridized carbons (Fsp3) is 0.500. The van der Waals surface area contributed by atoms with E-state index in [1.165, 1.54) is 0 Å². The van der Waals surface area contributed by atoms with Crippen LogP contribution in [0.5, 0.6) is 0 Å². The summed E-state index contributed by atoms with van der Waals surface area (Å²) in [5, 5.41) is 13.6. The number of aromatic nitrogens is 3. The summed E-state index contributed by atoms with van der Waals surface area (Å²) >= 11 is 0. The van der Waals surface area contributed by atoms with Crippen molar-refractivity contribution in [3.8, 4) is 0 Å². The van der Waals surface area contributed by atoms with E-state index in [0.29, 0.717) is 0 Å². The Bertz CT molecular complexity index is 219. The van der Waals surface area contributed by atoms with Crippen molar-refractivity contribution >= 4 is 0 Å². The molecule has 0 saturated heterocycles. The average molecular weight is 167 g/mol. The number of hydrogen-bond donors (Lipinski definition) is 2. The number of hydrogen-bond acceptors (Lipinski definition) is 3.